The van der Waals surface area contributed by atoms with E-state index < -0.39 is 0 Å². The van der Waals surface area contributed by atoms with Gasteiger partial charge in [0.05, 0.1) is 20.1 Å². The van der Waals surface area contributed by atoms with Gasteiger partial charge in [-0.2, -0.15) is 0 Å². The average Bonchev–Trinajstić information content (AvgIpc) is 2.30. The van der Waals surface area contributed by atoms with Crippen molar-refractivity contribution in [3.8, 4) is 5.75 Å². The van der Waals surface area contributed by atoms with Gasteiger partial charge in [0, 0.05) is 5.92 Å². The SMILES string of the molecule is C[C@@H]1CCC[N@@+](C)(CCOc2ccccc2)C1. The first kappa shape index (κ1) is 12.4. The molecule has 1 heterocycles. The number of nitrogens with zero attached hydrogens (tertiary/aromatic N) is 1. The molecular weight excluding hydrogens is 210 g/mol. The smallest absolute Gasteiger partial charge is 0.137 e. The number of hydrogen-bond acceptors (Lipinski definition) is 1. The Balaban J connectivity index is 1.78. The van der Waals surface area contributed by atoms with Crippen LogP contribution >= 0.6 is 0 Å². The van der Waals surface area contributed by atoms with Gasteiger partial charge < -0.3 is 9.22 Å². The standard InChI is InChI=1S/C15H24NO/c1-14-7-6-10-16(2,13-14)11-12-17-15-8-4-3-5-9-15/h3-5,8-9,14H,6-7,10-13H2,1-2H3/q+1/t14-,16+/m1/s1. The van der Waals surface area contributed by atoms with Crippen molar-refractivity contribution in [1.29, 1.82) is 0 Å². The predicted octanol–water partition coefficient (Wildman–Crippen LogP) is 2.94. The molecule has 1 aromatic carbocycles. The minimum absolute atomic E-state index is 0.827. The molecule has 94 valence electrons. The number of quaternary nitrogens is 1. The molecule has 0 radical (unpaired) electrons. The molecule has 0 aliphatic carbocycles. The quantitative estimate of drug-likeness (QED) is 0.728. The Bertz CT molecular complexity index is 338. The summed E-state index contributed by atoms with van der Waals surface area (Å²) in [5.74, 6) is 1.86. The fourth-order valence-corrected chi connectivity index (χ4v) is 2.86. The Morgan fingerprint density at radius 3 is 2.76 bits per heavy atom. The summed E-state index contributed by atoms with van der Waals surface area (Å²) in [4.78, 5) is 0. The van der Waals surface area contributed by atoms with E-state index in [0.717, 1.165) is 24.8 Å². The maximum atomic E-state index is 5.79. The van der Waals surface area contributed by atoms with Gasteiger partial charge in [-0.05, 0) is 25.0 Å². The highest BCUT2D eigenvalue weighted by molar-refractivity contribution is 5.20. The van der Waals surface area contributed by atoms with Crippen molar-refractivity contribution in [1.82, 2.24) is 0 Å². The topological polar surface area (TPSA) is 9.23 Å². The van der Waals surface area contributed by atoms with Gasteiger partial charge in [0.1, 0.15) is 18.9 Å². The summed E-state index contributed by atoms with van der Waals surface area (Å²) in [6.07, 6.45) is 2.76. The summed E-state index contributed by atoms with van der Waals surface area (Å²) in [5, 5.41) is 0. The zero-order chi connectivity index (χ0) is 12.1. The lowest BCUT2D eigenvalue weighted by Crippen LogP contribution is -2.52. The van der Waals surface area contributed by atoms with Crippen LogP contribution in [0, 0.1) is 5.92 Å². The van der Waals surface area contributed by atoms with E-state index in [1.807, 2.05) is 30.3 Å². The van der Waals surface area contributed by atoms with Crippen molar-refractivity contribution in [2.24, 2.45) is 5.92 Å². The second-order valence-electron chi connectivity index (χ2n) is 5.66. The second-order valence-corrected chi connectivity index (χ2v) is 5.66. The molecule has 2 atom stereocenters. The third-order valence-electron chi connectivity index (χ3n) is 3.79. The highest BCUT2D eigenvalue weighted by Crippen LogP contribution is 2.21. The van der Waals surface area contributed by atoms with Crippen molar-refractivity contribution in [3.05, 3.63) is 30.3 Å². The minimum atomic E-state index is 0.827. The van der Waals surface area contributed by atoms with Crippen LogP contribution in [0.1, 0.15) is 19.8 Å². The van der Waals surface area contributed by atoms with Gasteiger partial charge in [-0.15, -0.1) is 0 Å². The Labute approximate surface area is 105 Å². The first-order chi connectivity index (χ1) is 8.18. The Hall–Kier alpha value is -1.02. The third-order valence-corrected chi connectivity index (χ3v) is 3.79. The molecular formula is C15H24NO+. The van der Waals surface area contributed by atoms with E-state index in [1.54, 1.807) is 0 Å². The number of likely N-dealkylation sites (tertiary alicyclic amines) is 1. The number of benzene rings is 1. The second kappa shape index (κ2) is 5.54. The van der Waals surface area contributed by atoms with Gasteiger partial charge in [0.2, 0.25) is 0 Å². The molecule has 2 rings (SSSR count). The number of likely N-dealkylation sites (N-methyl/N-ethyl adjacent to an activating group) is 1. The summed E-state index contributed by atoms with van der Waals surface area (Å²) in [5.41, 5.74) is 0. The molecule has 0 N–H and O–H groups in total. The molecule has 0 aromatic heterocycles. The van der Waals surface area contributed by atoms with E-state index in [9.17, 15) is 0 Å². The van der Waals surface area contributed by atoms with Crippen LogP contribution in [-0.4, -0.2) is 37.8 Å². The number of ether oxygens (including phenoxy) is 1. The fraction of sp³-hybridized carbons (Fsp3) is 0.600. The van der Waals surface area contributed by atoms with Gasteiger partial charge >= 0.3 is 0 Å². The molecule has 0 saturated carbocycles. The lowest BCUT2D eigenvalue weighted by atomic mass is 9.98. The van der Waals surface area contributed by atoms with E-state index >= 15 is 0 Å². The van der Waals surface area contributed by atoms with Gasteiger partial charge in [-0.25, -0.2) is 0 Å². The molecule has 1 fully saturated rings. The molecule has 1 aromatic rings. The zero-order valence-electron chi connectivity index (χ0n) is 11.1. The molecule has 2 heteroatoms. The molecule has 1 saturated heterocycles. The summed E-state index contributed by atoms with van der Waals surface area (Å²) in [6.45, 7) is 6.93. The van der Waals surface area contributed by atoms with Crippen LogP contribution in [0.15, 0.2) is 30.3 Å². The van der Waals surface area contributed by atoms with Crippen molar-refractivity contribution in [2.75, 3.05) is 33.3 Å². The summed E-state index contributed by atoms with van der Waals surface area (Å²) in [6, 6.07) is 10.1. The van der Waals surface area contributed by atoms with Crippen molar-refractivity contribution >= 4 is 0 Å². The van der Waals surface area contributed by atoms with Crippen molar-refractivity contribution in [3.63, 3.8) is 0 Å². The van der Waals surface area contributed by atoms with Gasteiger partial charge in [0.15, 0.2) is 0 Å². The van der Waals surface area contributed by atoms with Crippen LogP contribution in [0.5, 0.6) is 5.75 Å². The Morgan fingerprint density at radius 2 is 2.06 bits per heavy atom. The van der Waals surface area contributed by atoms with E-state index in [4.69, 9.17) is 4.74 Å². The monoisotopic (exact) mass is 234 g/mol. The largest absolute Gasteiger partial charge is 0.488 e. The minimum Gasteiger partial charge on any atom is -0.488 e. The Morgan fingerprint density at radius 1 is 1.29 bits per heavy atom. The normalized spacial score (nSPS) is 28.9. The molecule has 1 aliphatic rings. The van der Waals surface area contributed by atoms with Gasteiger partial charge in [-0.3, -0.25) is 0 Å². The lowest BCUT2D eigenvalue weighted by molar-refractivity contribution is -0.917. The third kappa shape index (κ3) is 3.74. The highest BCUT2D eigenvalue weighted by Gasteiger charge is 2.28. The van der Waals surface area contributed by atoms with Crippen LogP contribution in [-0.2, 0) is 0 Å². The molecule has 0 bridgehead atoms. The van der Waals surface area contributed by atoms with Crippen LogP contribution < -0.4 is 4.74 Å². The van der Waals surface area contributed by atoms with E-state index in [-0.39, 0.29) is 0 Å². The highest BCUT2D eigenvalue weighted by atomic mass is 16.5. The lowest BCUT2D eigenvalue weighted by Gasteiger charge is -2.40. The zero-order valence-corrected chi connectivity index (χ0v) is 11.1. The van der Waals surface area contributed by atoms with E-state index in [1.165, 1.54) is 30.4 Å². The predicted molar refractivity (Wildman–Crippen MR) is 71.1 cm³/mol. The average molecular weight is 234 g/mol. The van der Waals surface area contributed by atoms with Crippen LogP contribution in [0.3, 0.4) is 0 Å². The number of hydrogen-bond donors (Lipinski definition) is 0. The van der Waals surface area contributed by atoms with Crippen molar-refractivity contribution < 1.29 is 9.22 Å². The van der Waals surface area contributed by atoms with Crippen LogP contribution in [0.2, 0.25) is 0 Å². The fourth-order valence-electron chi connectivity index (χ4n) is 2.86. The number of para-hydroxylation sites is 1. The first-order valence-corrected chi connectivity index (χ1v) is 6.69. The maximum absolute atomic E-state index is 5.79. The van der Waals surface area contributed by atoms with Crippen LogP contribution in [0.4, 0.5) is 0 Å². The van der Waals surface area contributed by atoms with Gasteiger partial charge in [0.25, 0.3) is 0 Å². The molecule has 0 unspecified atom stereocenters. The molecule has 0 amide bonds. The summed E-state index contributed by atoms with van der Waals surface area (Å²) < 4.78 is 6.97. The number of rotatable bonds is 4. The summed E-state index contributed by atoms with van der Waals surface area (Å²) >= 11 is 0. The maximum Gasteiger partial charge on any atom is 0.137 e. The van der Waals surface area contributed by atoms with E-state index in [0.29, 0.717) is 0 Å². The molecule has 0 spiro atoms. The van der Waals surface area contributed by atoms with Gasteiger partial charge in [-0.1, -0.05) is 25.1 Å². The van der Waals surface area contributed by atoms with Crippen molar-refractivity contribution in [2.45, 2.75) is 19.8 Å². The van der Waals surface area contributed by atoms with Crippen LogP contribution in [0.25, 0.3) is 0 Å². The van der Waals surface area contributed by atoms with E-state index in [2.05, 4.69) is 14.0 Å². The molecule has 17 heavy (non-hydrogen) atoms. The molecule has 1 aliphatic heterocycles. The number of piperidine rings is 1. The first-order valence-electron chi connectivity index (χ1n) is 6.69. The molecule has 2 nitrogen and oxygen atoms in total. The Kier molecular flexibility index (Phi) is 4.06. The summed E-state index contributed by atoms with van der Waals surface area (Å²) in [7, 11) is 2.37.